The molecule has 152 valence electrons. The van der Waals surface area contributed by atoms with Crippen molar-refractivity contribution in [3.63, 3.8) is 0 Å². The number of nitrogens with one attached hydrogen (secondary N) is 1. The lowest BCUT2D eigenvalue weighted by Crippen LogP contribution is -2.28. The summed E-state index contributed by atoms with van der Waals surface area (Å²) in [6.07, 6.45) is 0.0330. The summed E-state index contributed by atoms with van der Waals surface area (Å²) in [4.78, 5) is 38.2. The minimum atomic E-state index is -0.629. The molecule has 0 unspecified atom stereocenters. The zero-order valence-corrected chi connectivity index (χ0v) is 16.9. The number of esters is 1. The highest BCUT2D eigenvalue weighted by Gasteiger charge is 2.36. The molecule has 7 nitrogen and oxygen atoms in total. The lowest BCUT2D eigenvalue weighted by Gasteiger charge is -2.17. The first-order chi connectivity index (χ1) is 13.9. The van der Waals surface area contributed by atoms with E-state index in [2.05, 4.69) is 5.32 Å². The Labute approximate surface area is 173 Å². The molecule has 0 saturated carbocycles. The lowest BCUT2D eigenvalue weighted by atomic mass is 10.1. The lowest BCUT2D eigenvalue weighted by molar-refractivity contribution is -0.151. The highest BCUT2D eigenvalue weighted by Crippen LogP contribution is 2.28. The number of benzene rings is 2. The van der Waals surface area contributed by atoms with E-state index in [1.807, 2.05) is 6.92 Å². The minimum Gasteiger partial charge on any atom is -0.497 e. The number of hydrogen-bond acceptors (Lipinski definition) is 5. The number of hydrogen-bond donors (Lipinski definition) is 1. The summed E-state index contributed by atoms with van der Waals surface area (Å²) in [6.45, 7) is 1.61. The first-order valence-corrected chi connectivity index (χ1v) is 9.42. The van der Waals surface area contributed by atoms with E-state index >= 15 is 0 Å². The number of carbonyl (C=O) groups excluding carboxylic acids is 3. The monoisotopic (exact) mass is 416 g/mol. The van der Waals surface area contributed by atoms with E-state index in [4.69, 9.17) is 21.1 Å². The van der Waals surface area contributed by atoms with Gasteiger partial charge in [0.1, 0.15) is 5.75 Å². The number of halogens is 1. The van der Waals surface area contributed by atoms with Gasteiger partial charge in [-0.2, -0.15) is 0 Å². The van der Waals surface area contributed by atoms with Crippen LogP contribution in [0.5, 0.6) is 5.75 Å². The van der Waals surface area contributed by atoms with Crippen molar-refractivity contribution in [1.29, 1.82) is 0 Å². The van der Waals surface area contributed by atoms with Crippen molar-refractivity contribution in [3.05, 3.63) is 53.1 Å². The van der Waals surface area contributed by atoms with Crippen LogP contribution in [-0.4, -0.2) is 38.0 Å². The molecule has 29 heavy (non-hydrogen) atoms. The molecule has 0 aromatic heterocycles. The van der Waals surface area contributed by atoms with Crippen LogP contribution in [0.15, 0.2) is 42.5 Å². The average Bonchev–Trinajstić information content (AvgIpc) is 3.11. The van der Waals surface area contributed by atoms with Gasteiger partial charge >= 0.3 is 5.97 Å². The fourth-order valence-corrected chi connectivity index (χ4v) is 3.20. The van der Waals surface area contributed by atoms with E-state index in [0.29, 0.717) is 22.1 Å². The van der Waals surface area contributed by atoms with E-state index < -0.39 is 24.4 Å². The van der Waals surface area contributed by atoms with Gasteiger partial charge in [-0.15, -0.1) is 0 Å². The molecule has 1 fully saturated rings. The first-order valence-electron chi connectivity index (χ1n) is 9.04. The van der Waals surface area contributed by atoms with Crippen molar-refractivity contribution in [2.24, 2.45) is 5.92 Å². The molecule has 1 aliphatic heterocycles. The van der Waals surface area contributed by atoms with Crippen molar-refractivity contribution in [2.75, 3.05) is 30.5 Å². The third-order valence-corrected chi connectivity index (χ3v) is 5.03. The largest absolute Gasteiger partial charge is 0.497 e. The van der Waals surface area contributed by atoms with Crippen LogP contribution in [0.3, 0.4) is 0 Å². The predicted molar refractivity (Wildman–Crippen MR) is 109 cm³/mol. The molecule has 1 atom stereocenters. The van der Waals surface area contributed by atoms with Gasteiger partial charge in [0.05, 0.1) is 13.0 Å². The number of nitrogens with zero attached hydrogens (tertiary/aromatic N) is 1. The highest BCUT2D eigenvalue weighted by molar-refractivity contribution is 6.31. The normalized spacial score (nSPS) is 15.9. The van der Waals surface area contributed by atoms with Gasteiger partial charge in [0.15, 0.2) is 6.61 Å². The third-order valence-electron chi connectivity index (χ3n) is 4.62. The Morgan fingerprint density at radius 1 is 1.24 bits per heavy atom. The summed E-state index contributed by atoms with van der Waals surface area (Å²) >= 11 is 6.03. The maximum absolute atomic E-state index is 12.3. The van der Waals surface area contributed by atoms with Gasteiger partial charge in [0, 0.05) is 35.4 Å². The van der Waals surface area contributed by atoms with Crippen molar-refractivity contribution >= 4 is 40.8 Å². The molecular formula is C21H21ClN2O5. The SMILES string of the molecule is COc1cccc(N2C[C@@H](C(=O)OCC(=O)Nc3ccc(C)c(Cl)c3)CC2=O)c1. The van der Waals surface area contributed by atoms with Crippen LogP contribution >= 0.6 is 11.6 Å². The Morgan fingerprint density at radius 3 is 2.76 bits per heavy atom. The van der Waals surface area contributed by atoms with Gasteiger partial charge in [-0.1, -0.05) is 23.7 Å². The number of amides is 2. The zero-order chi connectivity index (χ0) is 21.0. The predicted octanol–water partition coefficient (Wildman–Crippen LogP) is 3.19. The molecular weight excluding hydrogens is 396 g/mol. The number of anilines is 2. The van der Waals surface area contributed by atoms with E-state index in [0.717, 1.165) is 5.56 Å². The Bertz CT molecular complexity index is 946. The standard InChI is InChI=1S/C21H21ClN2O5/c1-13-6-7-15(9-18(13)22)23-19(25)12-29-21(27)14-8-20(26)24(11-14)16-4-3-5-17(10-16)28-2/h3-7,9-10,14H,8,11-12H2,1-2H3,(H,23,25)/t14-/m0/s1. The van der Waals surface area contributed by atoms with Crippen LogP contribution < -0.4 is 15.0 Å². The average molecular weight is 417 g/mol. The number of ether oxygens (including phenoxy) is 2. The molecule has 1 heterocycles. The fourth-order valence-electron chi connectivity index (χ4n) is 3.02. The van der Waals surface area contributed by atoms with E-state index in [1.165, 1.54) is 4.90 Å². The molecule has 3 rings (SSSR count). The summed E-state index contributed by atoms with van der Waals surface area (Å²) in [7, 11) is 1.54. The number of rotatable bonds is 6. The highest BCUT2D eigenvalue weighted by atomic mass is 35.5. The van der Waals surface area contributed by atoms with Gasteiger partial charge in [-0.25, -0.2) is 0 Å². The molecule has 1 saturated heterocycles. The van der Waals surface area contributed by atoms with Crippen LogP contribution in [0, 0.1) is 12.8 Å². The van der Waals surface area contributed by atoms with Crippen molar-refractivity contribution in [1.82, 2.24) is 0 Å². The van der Waals surface area contributed by atoms with Gasteiger partial charge in [0.25, 0.3) is 5.91 Å². The van der Waals surface area contributed by atoms with E-state index in [9.17, 15) is 14.4 Å². The molecule has 0 bridgehead atoms. The molecule has 2 aromatic rings. The van der Waals surface area contributed by atoms with E-state index in [1.54, 1.807) is 49.6 Å². The molecule has 2 amide bonds. The Balaban J connectivity index is 1.53. The van der Waals surface area contributed by atoms with Gasteiger partial charge in [0.2, 0.25) is 5.91 Å². The second kappa shape index (κ2) is 8.96. The fraction of sp³-hybridized carbons (Fsp3) is 0.286. The van der Waals surface area contributed by atoms with Crippen LogP contribution in [0.1, 0.15) is 12.0 Å². The maximum atomic E-state index is 12.3. The topological polar surface area (TPSA) is 84.9 Å². The van der Waals surface area contributed by atoms with Gasteiger partial charge in [-0.05, 0) is 36.8 Å². The molecule has 1 N–H and O–H groups in total. The smallest absolute Gasteiger partial charge is 0.311 e. The Hall–Kier alpha value is -3.06. The summed E-state index contributed by atoms with van der Waals surface area (Å²) in [5, 5.41) is 3.15. The van der Waals surface area contributed by atoms with Gasteiger partial charge in [-0.3, -0.25) is 14.4 Å². The summed E-state index contributed by atoms with van der Waals surface area (Å²) in [5.74, 6) is -1.25. The zero-order valence-electron chi connectivity index (χ0n) is 16.1. The van der Waals surface area contributed by atoms with Crippen LogP contribution in [0.4, 0.5) is 11.4 Å². The summed E-state index contributed by atoms with van der Waals surface area (Å²) in [5.41, 5.74) is 2.06. The quantitative estimate of drug-likeness (QED) is 0.731. The maximum Gasteiger partial charge on any atom is 0.311 e. The Kier molecular flexibility index (Phi) is 6.39. The third kappa shape index (κ3) is 5.06. The van der Waals surface area contributed by atoms with Crippen molar-refractivity contribution in [3.8, 4) is 5.75 Å². The molecule has 0 radical (unpaired) electrons. The number of carbonyl (C=O) groups is 3. The van der Waals surface area contributed by atoms with Gasteiger partial charge < -0.3 is 19.7 Å². The van der Waals surface area contributed by atoms with Crippen molar-refractivity contribution < 1.29 is 23.9 Å². The summed E-state index contributed by atoms with van der Waals surface area (Å²) in [6, 6.07) is 12.2. The number of methoxy groups -OCH3 is 1. The van der Waals surface area contributed by atoms with E-state index in [-0.39, 0.29) is 18.9 Å². The molecule has 2 aromatic carbocycles. The molecule has 0 aliphatic carbocycles. The second-order valence-electron chi connectivity index (χ2n) is 6.73. The second-order valence-corrected chi connectivity index (χ2v) is 7.13. The molecule has 1 aliphatic rings. The molecule has 8 heteroatoms. The number of aryl methyl sites for hydroxylation is 1. The van der Waals surface area contributed by atoms with Crippen molar-refractivity contribution in [2.45, 2.75) is 13.3 Å². The first kappa shape index (κ1) is 20.7. The molecule has 0 spiro atoms. The summed E-state index contributed by atoms with van der Waals surface area (Å²) < 4.78 is 10.3. The minimum absolute atomic E-state index is 0.0330. The van der Waals surface area contributed by atoms with Crippen LogP contribution in [0.2, 0.25) is 5.02 Å². The van der Waals surface area contributed by atoms with Crippen LogP contribution in [0.25, 0.3) is 0 Å². The van der Waals surface area contributed by atoms with Crippen LogP contribution in [-0.2, 0) is 19.1 Å². The Morgan fingerprint density at radius 2 is 2.03 bits per heavy atom.